The predicted octanol–water partition coefficient (Wildman–Crippen LogP) is 2.82. The second-order valence-corrected chi connectivity index (χ2v) is 5.97. The first-order valence-electron chi connectivity index (χ1n) is 8.11. The summed E-state index contributed by atoms with van der Waals surface area (Å²) in [5, 5.41) is 7.13. The van der Waals surface area contributed by atoms with Gasteiger partial charge in [0.25, 0.3) is 5.91 Å². The number of hydrazone groups is 1. The molecule has 0 bridgehead atoms. The molecular formula is C19H21N5O. The van der Waals surface area contributed by atoms with Crippen LogP contribution in [0.1, 0.15) is 22.6 Å². The maximum absolute atomic E-state index is 11.9. The standard InChI is InChI=1S/C19H21N5O/c1-13-7-8-16(14(2)10-13)20-12-19(25)23-21-11-17-18-6-4-5-9-24(18)15(3)22-17/h4-11,20H,12H2,1-3H3,(H,23,25). The molecule has 0 aliphatic rings. The number of benzene rings is 1. The number of carbonyl (C=O) groups is 1. The number of fused-ring (bicyclic) bond motifs is 1. The van der Waals surface area contributed by atoms with E-state index in [2.05, 4.69) is 26.9 Å². The highest BCUT2D eigenvalue weighted by Crippen LogP contribution is 2.15. The highest BCUT2D eigenvalue weighted by atomic mass is 16.2. The van der Waals surface area contributed by atoms with Gasteiger partial charge in [0.1, 0.15) is 11.5 Å². The van der Waals surface area contributed by atoms with Gasteiger partial charge in [-0.05, 0) is 44.5 Å². The van der Waals surface area contributed by atoms with E-state index < -0.39 is 0 Å². The average Bonchev–Trinajstić information content (AvgIpc) is 2.91. The number of anilines is 1. The zero-order valence-corrected chi connectivity index (χ0v) is 14.6. The van der Waals surface area contributed by atoms with E-state index in [4.69, 9.17) is 0 Å². The van der Waals surface area contributed by atoms with Crippen molar-refractivity contribution in [3.8, 4) is 0 Å². The van der Waals surface area contributed by atoms with Gasteiger partial charge in [0, 0.05) is 11.9 Å². The number of carbonyl (C=O) groups excluding carboxylic acids is 1. The maximum Gasteiger partial charge on any atom is 0.259 e. The van der Waals surface area contributed by atoms with Gasteiger partial charge in [-0.25, -0.2) is 10.4 Å². The highest BCUT2D eigenvalue weighted by Gasteiger charge is 2.05. The molecule has 0 atom stereocenters. The fourth-order valence-electron chi connectivity index (χ4n) is 2.71. The van der Waals surface area contributed by atoms with Crippen molar-refractivity contribution >= 4 is 23.3 Å². The van der Waals surface area contributed by atoms with Crippen molar-refractivity contribution in [1.82, 2.24) is 14.8 Å². The zero-order chi connectivity index (χ0) is 17.8. The number of nitrogens with one attached hydrogen (secondary N) is 2. The molecule has 6 heteroatoms. The van der Waals surface area contributed by atoms with E-state index in [1.165, 1.54) is 5.56 Å². The average molecular weight is 335 g/mol. The maximum atomic E-state index is 11.9. The Morgan fingerprint density at radius 3 is 2.88 bits per heavy atom. The minimum Gasteiger partial charge on any atom is -0.376 e. The fraction of sp³-hybridized carbons (Fsp3) is 0.211. The third-order valence-corrected chi connectivity index (χ3v) is 3.95. The van der Waals surface area contributed by atoms with Gasteiger partial charge in [-0.2, -0.15) is 5.10 Å². The first-order valence-corrected chi connectivity index (χ1v) is 8.11. The highest BCUT2D eigenvalue weighted by molar-refractivity contribution is 5.88. The third kappa shape index (κ3) is 3.85. The van der Waals surface area contributed by atoms with Crippen LogP contribution in [0.3, 0.4) is 0 Å². The van der Waals surface area contributed by atoms with Crippen LogP contribution >= 0.6 is 0 Å². The van der Waals surface area contributed by atoms with Crippen molar-refractivity contribution < 1.29 is 4.79 Å². The first kappa shape index (κ1) is 16.7. The molecule has 2 N–H and O–H groups in total. The lowest BCUT2D eigenvalue weighted by molar-refractivity contribution is -0.119. The summed E-state index contributed by atoms with van der Waals surface area (Å²) < 4.78 is 1.98. The number of hydrogen-bond acceptors (Lipinski definition) is 4. The molecule has 0 aliphatic carbocycles. The Bertz CT molecular complexity index is 942. The molecule has 1 aromatic carbocycles. The Labute approximate surface area is 146 Å². The van der Waals surface area contributed by atoms with E-state index in [1.807, 2.05) is 61.7 Å². The van der Waals surface area contributed by atoms with E-state index in [0.29, 0.717) is 0 Å². The van der Waals surface area contributed by atoms with Gasteiger partial charge in [-0.3, -0.25) is 4.79 Å². The Morgan fingerprint density at radius 1 is 1.24 bits per heavy atom. The number of nitrogens with zero attached hydrogens (tertiary/aromatic N) is 3. The molecule has 0 radical (unpaired) electrons. The zero-order valence-electron chi connectivity index (χ0n) is 14.6. The molecule has 0 unspecified atom stereocenters. The van der Waals surface area contributed by atoms with Crippen molar-refractivity contribution in [2.24, 2.45) is 5.10 Å². The van der Waals surface area contributed by atoms with Crippen LogP contribution in [0.5, 0.6) is 0 Å². The molecule has 3 aromatic rings. The molecule has 0 saturated heterocycles. The molecule has 2 heterocycles. The van der Waals surface area contributed by atoms with Crippen LogP contribution in [-0.4, -0.2) is 28.1 Å². The van der Waals surface area contributed by atoms with E-state index in [0.717, 1.165) is 28.3 Å². The van der Waals surface area contributed by atoms with Gasteiger partial charge in [0.05, 0.1) is 18.3 Å². The fourth-order valence-corrected chi connectivity index (χ4v) is 2.71. The minimum absolute atomic E-state index is 0.157. The van der Waals surface area contributed by atoms with Crippen LogP contribution in [0.25, 0.3) is 5.52 Å². The van der Waals surface area contributed by atoms with E-state index in [9.17, 15) is 4.79 Å². The predicted molar refractivity (Wildman–Crippen MR) is 100 cm³/mol. The minimum atomic E-state index is -0.212. The summed E-state index contributed by atoms with van der Waals surface area (Å²) in [6.07, 6.45) is 3.51. The molecule has 0 aliphatic heterocycles. The first-order chi connectivity index (χ1) is 12.0. The summed E-state index contributed by atoms with van der Waals surface area (Å²) in [5.74, 6) is 0.663. The summed E-state index contributed by atoms with van der Waals surface area (Å²) in [6, 6.07) is 11.9. The largest absolute Gasteiger partial charge is 0.376 e. The summed E-state index contributed by atoms with van der Waals surface area (Å²) >= 11 is 0. The normalized spacial score (nSPS) is 11.2. The lowest BCUT2D eigenvalue weighted by Gasteiger charge is -2.09. The van der Waals surface area contributed by atoms with Crippen LogP contribution in [0.2, 0.25) is 0 Å². The van der Waals surface area contributed by atoms with Crippen LogP contribution in [0.15, 0.2) is 47.7 Å². The Morgan fingerprint density at radius 2 is 2.08 bits per heavy atom. The van der Waals surface area contributed by atoms with Crippen LogP contribution in [0.4, 0.5) is 5.69 Å². The number of imidazole rings is 1. The third-order valence-electron chi connectivity index (χ3n) is 3.95. The molecule has 128 valence electrons. The van der Waals surface area contributed by atoms with Crippen LogP contribution in [-0.2, 0) is 4.79 Å². The Balaban J connectivity index is 1.59. The van der Waals surface area contributed by atoms with Gasteiger partial charge in [0.15, 0.2) is 0 Å². The second-order valence-electron chi connectivity index (χ2n) is 5.97. The molecule has 6 nitrogen and oxygen atoms in total. The van der Waals surface area contributed by atoms with Crippen LogP contribution in [0, 0.1) is 20.8 Å². The van der Waals surface area contributed by atoms with Gasteiger partial charge in [0.2, 0.25) is 0 Å². The lowest BCUT2D eigenvalue weighted by Crippen LogP contribution is -2.26. The number of aryl methyl sites for hydroxylation is 3. The van der Waals surface area contributed by atoms with E-state index >= 15 is 0 Å². The van der Waals surface area contributed by atoms with E-state index in [1.54, 1.807) is 6.21 Å². The molecular weight excluding hydrogens is 314 g/mol. The Hall–Kier alpha value is -3.15. The summed E-state index contributed by atoms with van der Waals surface area (Å²) in [5.41, 5.74) is 7.44. The lowest BCUT2D eigenvalue weighted by atomic mass is 10.1. The second kappa shape index (κ2) is 7.17. The number of pyridine rings is 1. The SMILES string of the molecule is Cc1ccc(NCC(=O)NN=Cc2nc(C)n3ccccc23)c(C)c1. The molecule has 0 saturated carbocycles. The van der Waals surface area contributed by atoms with Gasteiger partial charge >= 0.3 is 0 Å². The number of hydrogen-bond donors (Lipinski definition) is 2. The van der Waals surface area contributed by atoms with Crippen molar-refractivity contribution in [3.63, 3.8) is 0 Å². The van der Waals surface area contributed by atoms with Crippen molar-refractivity contribution in [1.29, 1.82) is 0 Å². The van der Waals surface area contributed by atoms with Crippen molar-refractivity contribution in [2.75, 3.05) is 11.9 Å². The van der Waals surface area contributed by atoms with Gasteiger partial charge in [-0.1, -0.05) is 23.8 Å². The van der Waals surface area contributed by atoms with Crippen molar-refractivity contribution in [2.45, 2.75) is 20.8 Å². The number of aromatic nitrogens is 2. The smallest absolute Gasteiger partial charge is 0.259 e. The summed E-state index contributed by atoms with van der Waals surface area (Å²) in [7, 11) is 0. The van der Waals surface area contributed by atoms with Gasteiger partial charge in [-0.15, -0.1) is 0 Å². The van der Waals surface area contributed by atoms with Crippen LogP contribution < -0.4 is 10.7 Å². The molecule has 1 amide bonds. The molecule has 25 heavy (non-hydrogen) atoms. The number of rotatable bonds is 5. The summed E-state index contributed by atoms with van der Waals surface area (Å²) in [6.45, 7) is 6.14. The van der Waals surface area contributed by atoms with E-state index in [-0.39, 0.29) is 12.5 Å². The summed E-state index contributed by atoms with van der Waals surface area (Å²) in [4.78, 5) is 16.4. The number of amides is 1. The Kier molecular flexibility index (Phi) is 4.79. The van der Waals surface area contributed by atoms with Crippen molar-refractivity contribution in [3.05, 3.63) is 65.2 Å². The molecule has 0 fully saturated rings. The molecule has 2 aromatic heterocycles. The topological polar surface area (TPSA) is 70.8 Å². The van der Waals surface area contributed by atoms with Gasteiger partial charge < -0.3 is 9.72 Å². The molecule has 0 spiro atoms. The quantitative estimate of drug-likeness (QED) is 0.556. The molecule has 3 rings (SSSR count). The monoisotopic (exact) mass is 335 g/mol.